The lowest BCUT2D eigenvalue weighted by Crippen LogP contribution is -2.28. The minimum atomic E-state index is -0.564. The van der Waals surface area contributed by atoms with Crippen LogP contribution in [0.15, 0.2) is 70.9 Å². The molecule has 2 N–H and O–H groups in total. The van der Waals surface area contributed by atoms with Gasteiger partial charge in [0, 0.05) is 34.7 Å². The molecule has 1 fully saturated rings. The highest BCUT2D eigenvalue weighted by atomic mass is 32.2. The molecule has 1 saturated heterocycles. The molecule has 2 amide bonds. The minimum absolute atomic E-state index is 0.0347. The summed E-state index contributed by atoms with van der Waals surface area (Å²) in [6.45, 7) is 3.90. The second-order valence-corrected chi connectivity index (χ2v) is 8.69. The van der Waals surface area contributed by atoms with Crippen molar-refractivity contribution in [3.05, 3.63) is 83.4 Å². The average Bonchev–Trinajstić information content (AvgIpc) is 3.27. The Hall–Kier alpha value is -3.72. The molecule has 1 aliphatic heterocycles. The topological polar surface area (TPSA) is 87.8 Å². The number of aryl methyl sites for hydroxylation is 1. The van der Waals surface area contributed by atoms with Crippen LogP contribution in [0.3, 0.4) is 0 Å². The summed E-state index contributed by atoms with van der Waals surface area (Å²) in [5.74, 6) is -0.802. The smallest absolute Gasteiger partial charge is 0.240 e. The van der Waals surface area contributed by atoms with Crippen molar-refractivity contribution >= 4 is 40.6 Å². The number of nitrogens with zero attached hydrogens (tertiary/aromatic N) is 3. The van der Waals surface area contributed by atoms with Crippen molar-refractivity contribution in [2.24, 2.45) is 10.2 Å². The molecule has 2 aromatic carbocycles. The van der Waals surface area contributed by atoms with Gasteiger partial charge in [0.2, 0.25) is 11.8 Å². The highest BCUT2D eigenvalue weighted by molar-refractivity contribution is 8.15. The molecule has 4 rings (SSSR count). The summed E-state index contributed by atoms with van der Waals surface area (Å²) >= 11 is 1.18. The lowest BCUT2D eigenvalue weighted by molar-refractivity contribution is -0.122. The molecule has 1 aromatic heterocycles. The number of hydrogen-bond donors (Lipinski definition) is 2. The number of para-hydroxylation sites is 1. The van der Waals surface area contributed by atoms with Gasteiger partial charge < -0.3 is 15.2 Å². The SMILES string of the molecule is Cc1cc(/C=N\N=C2/NC(=O)[C@H](CC(=O)Nc3ccccc3)S2)c(C)n1-c1ccc(F)cc1. The van der Waals surface area contributed by atoms with Crippen molar-refractivity contribution in [3.8, 4) is 5.69 Å². The van der Waals surface area contributed by atoms with Gasteiger partial charge in [0.25, 0.3) is 0 Å². The molecular weight excluding hydrogens is 441 g/mol. The van der Waals surface area contributed by atoms with E-state index in [4.69, 9.17) is 0 Å². The van der Waals surface area contributed by atoms with E-state index in [1.165, 1.54) is 23.9 Å². The number of benzene rings is 2. The first kappa shape index (κ1) is 22.5. The van der Waals surface area contributed by atoms with E-state index in [9.17, 15) is 14.0 Å². The maximum Gasteiger partial charge on any atom is 0.240 e. The third-order valence-electron chi connectivity index (χ3n) is 5.11. The van der Waals surface area contributed by atoms with Crippen molar-refractivity contribution in [3.63, 3.8) is 0 Å². The van der Waals surface area contributed by atoms with E-state index < -0.39 is 5.25 Å². The number of anilines is 1. The van der Waals surface area contributed by atoms with Crippen LogP contribution in [0.5, 0.6) is 0 Å². The van der Waals surface area contributed by atoms with Gasteiger partial charge in [-0.2, -0.15) is 5.10 Å². The van der Waals surface area contributed by atoms with Crippen LogP contribution in [0.2, 0.25) is 0 Å². The molecule has 0 unspecified atom stereocenters. The molecule has 0 spiro atoms. The predicted molar refractivity (Wildman–Crippen MR) is 129 cm³/mol. The molecule has 0 saturated carbocycles. The normalized spacial score (nSPS) is 17.0. The molecule has 0 bridgehead atoms. The van der Waals surface area contributed by atoms with Gasteiger partial charge in [0.15, 0.2) is 5.17 Å². The molecular formula is C24H22FN5O2S. The maximum atomic E-state index is 13.2. The Balaban J connectivity index is 1.40. The Morgan fingerprint density at radius 2 is 1.91 bits per heavy atom. The lowest BCUT2D eigenvalue weighted by atomic mass is 10.2. The summed E-state index contributed by atoms with van der Waals surface area (Å²) in [6, 6.07) is 17.3. The fourth-order valence-corrected chi connectivity index (χ4v) is 4.46. The first-order valence-corrected chi connectivity index (χ1v) is 11.2. The highest BCUT2D eigenvalue weighted by Gasteiger charge is 2.32. The van der Waals surface area contributed by atoms with Crippen LogP contribution in [0.25, 0.3) is 5.69 Å². The van der Waals surface area contributed by atoms with Crippen molar-refractivity contribution in [2.45, 2.75) is 25.5 Å². The van der Waals surface area contributed by atoms with E-state index in [2.05, 4.69) is 20.8 Å². The number of carbonyl (C=O) groups excluding carboxylic acids is 2. The molecule has 33 heavy (non-hydrogen) atoms. The first-order valence-electron chi connectivity index (χ1n) is 10.3. The summed E-state index contributed by atoms with van der Waals surface area (Å²) in [6.07, 6.45) is 1.64. The van der Waals surface area contributed by atoms with Crippen LogP contribution in [-0.4, -0.2) is 33.0 Å². The molecule has 0 aliphatic carbocycles. The maximum absolute atomic E-state index is 13.2. The van der Waals surface area contributed by atoms with Gasteiger partial charge >= 0.3 is 0 Å². The van der Waals surface area contributed by atoms with Crippen LogP contribution in [-0.2, 0) is 9.59 Å². The fourth-order valence-electron chi connectivity index (χ4n) is 3.54. The third-order valence-corrected chi connectivity index (χ3v) is 6.18. The summed E-state index contributed by atoms with van der Waals surface area (Å²) in [5.41, 5.74) is 4.30. The second kappa shape index (κ2) is 9.83. The molecule has 7 nitrogen and oxygen atoms in total. The van der Waals surface area contributed by atoms with Crippen LogP contribution >= 0.6 is 11.8 Å². The Labute approximate surface area is 194 Å². The summed E-state index contributed by atoms with van der Waals surface area (Å²) in [7, 11) is 0. The van der Waals surface area contributed by atoms with E-state index >= 15 is 0 Å². The molecule has 1 atom stereocenters. The number of amides is 2. The van der Waals surface area contributed by atoms with Crippen molar-refractivity contribution < 1.29 is 14.0 Å². The third kappa shape index (κ3) is 5.38. The number of carbonyl (C=O) groups is 2. The Morgan fingerprint density at radius 1 is 1.18 bits per heavy atom. The number of aromatic nitrogens is 1. The first-order chi connectivity index (χ1) is 15.9. The summed E-state index contributed by atoms with van der Waals surface area (Å²) in [5, 5.41) is 13.4. The minimum Gasteiger partial charge on any atom is -0.326 e. The average molecular weight is 464 g/mol. The van der Waals surface area contributed by atoms with Crippen LogP contribution in [0.1, 0.15) is 23.4 Å². The van der Waals surface area contributed by atoms with Gasteiger partial charge in [0.05, 0.1) is 6.21 Å². The summed E-state index contributed by atoms with van der Waals surface area (Å²) in [4.78, 5) is 24.4. The number of halogens is 1. The quantitative estimate of drug-likeness (QED) is 0.425. The monoisotopic (exact) mass is 463 g/mol. The van der Waals surface area contributed by atoms with E-state index in [1.807, 2.05) is 42.7 Å². The zero-order valence-corrected chi connectivity index (χ0v) is 18.9. The number of rotatable bonds is 6. The predicted octanol–water partition coefficient (Wildman–Crippen LogP) is 4.18. The standard InChI is InChI=1S/C24H22FN5O2S/c1-15-12-17(16(2)30(15)20-10-8-18(25)9-11-20)14-26-29-24-28-23(32)21(33-24)13-22(31)27-19-6-4-3-5-7-19/h3-12,14,21H,13H2,1-2H3,(H,27,31)(H,28,29,32)/b26-14-/t21-/m0/s1. The zero-order valence-electron chi connectivity index (χ0n) is 18.1. The van der Waals surface area contributed by atoms with Gasteiger partial charge in [-0.25, -0.2) is 4.39 Å². The zero-order chi connectivity index (χ0) is 23.4. The Kier molecular flexibility index (Phi) is 6.69. The number of hydrogen-bond acceptors (Lipinski definition) is 5. The fraction of sp³-hybridized carbons (Fsp3) is 0.167. The van der Waals surface area contributed by atoms with E-state index in [0.717, 1.165) is 22.6 Å². The van der Waals surface area contributed by atoms with Gasteiger partial charge in [-0.15, -0.1) is 5.10 Å². The molecule has 0 radical (unpaired) electrons. The molecule has 168 valence electrons. The van der Waals surface area contributed by atoms with E-state index in [0.29, 0.717) is 10.9 Å². The van der Waals surface area contributed by atoms with Crippen molar-refractivity contribution in [1.29, 1.82) is 0 Å². The molecule has 2 heterocycles. The van der Waals surface area contributed by atoms with Gasteiger partial charge in [0.1, 0.15) is 11.1 Å². The Bertz CT molecular complexity index is 1240. The highest BCUT2D eigenvalue weighted by Crippen LogP contribution is 2.24. The number of amidine groups is 1. The largest absolute Gasteiger partial charge is 0.326 e. The number of thioether (sulfide) groups is 1. The van der Waals surface area contributed by atoms with Crippen molar-refractivity contribution in [2.75, 3.05) is 5.32 Å². The van der Waals surface area contributed by atoms with Crippen LogP contribution in [0.4, 0.5) is 10.1 Å². The van der Waals surface area contributed by atoms with E-state index in [1.54, 1.807) is 30.5 Å². The van der Waals surface area contributed by atoms with Gasteiger partial charge in [-0.3, -0.25) is 9.59 Å². The lowest BCUT2D eigenvalue weighted by Gasteiger charge is -2.09. The second-order valence-electron chi connectivity index (χ2n) is 7.50. The molecule has 1 aliphatic rings. The van der Waals surface area contributed by atoms with Gasteiger partial charge in [-0.05, 0) is 56.3 Å². The Morgan fingerprint density at radius 3 is 2.64 bits per heavy atom. The summed E-state index contributed by atoms with van der Waals surface area (Å²) < 4.78 is 15.2. The number of nitrogens with one attached hydrogen (secondary N) is 2. The van der Waals surface area contributed by atoms with Crippen LogP contribution < -0.4 is 10.6 Å². The molecule has 3 aromatic rings. The van der Waals surface area contributed by atoms with E-state index in [-0.39, 0.29) is 24.1 Å². The molecule has 9 heteroatoms. The van der Waals surface area contributed by atoms with Crippen LogP contribution in [0, 0.1) is 19.7 Å². The van der Waals surface area contributed by atoms with Gasteiger partial charge in [-0.1, -0.05) is 30.0 Å². The van der Waals surface area contributed by atoms with Crippen molar-refractivity contribution in [1.82, 2.24) is 9.88 Å².